The molecule has 0 aromatic heterocycles. The molecule has 1 N–H and O–H groups in total. The fourth-order valence-electron chi connectivity index (χ4n) is 0.175. The predicted molar refractivity (Wildman–Crippen MR) is 32.6 cm³/mol. The Morgan fingerprint density at radius 2 is 1.83 bits per heavy atom. The van der Waals surface area contributed by atoms with Crippen molar-refractivity contribution in [3.63, 3.8) is 0 Å². The molecule has 0 aliphatic carbocycles. The third kappa shape index (κ3) is 9.18. The molecule has 1 unspecified atom stereocenters. The summed E-state index contributed by atoms with van der Waals surface area (Å²) in [4.78, 5) is 7.92. The van der Waals surface area contributed by atoms with Gasteiger partial charge in [-0.25, -0.2) is 4.57 Å². The van der Waals surface area contributed by atoms with Crippen molar-refractivity contribution in [2.45, 2.75) is 6.18 Å². The zero-order valence-corrected chi connectivity index (χ0v) is 5.73. The van der Waals surface area contributed by atoms with Crippen molar-refractivity contribution >= 4 is 45.6 Å². The maximum absolute atomic E-state index is 11.2. The van der Waals surface area contributed by atoms with Crippen LogP contribution in [0.1, 0.15) is 0 Å². The summed E-state index contributed by atoms with van der Waals surface area (Å²) in [5, 5.41) is 0. The summed E-state index contributed by atoms with van der Waals surface area (Å²) in [5.41, 5.74) is 0. The number of hydrogen-bond donors (Lipinski definition) is 1. The first-order valence-electron chi connectivity index (χ1n) is 2.11. The van der Waals surface area contributed by atoms with Crippen LogP contribution in [0.25, 0.3) is 0 Å². The van der Waals surface area contributed by atoms with Crippen molar-refractivity contribution < 1.29 is 36.4 Å². The van der Waals surface area contributed by atoms with Gasteiger partial charge in [0.15, 0.2) is 6.61 Å². The first kappa shape index (κ1) is 15.6. The van der Waals surface area contributed by atoms with Gasteiger partial charge in [-0.05, 0) is 4.53 Å². The predicted octanol–water partition coefficient (Wildman–Crippen LogP) is 0.651. The molecule has 4 nitrogen and oxygen atoms in total. The Balaban J connectivity index is 0. The van der Waals surface area contributed by atoms with E-state index in [1.807, 2.05) is 0 Å². The SMILES string of the molecule is O=P(O)(OF)OCC(F)(F)F.[CaH2]. The van der Waals surface area contributed by atoms with Crippen molar-refractivity contribution in [3.8, 4) is 0 Å². The molecule has 0 heterocycles. The molecule has 0 radical (unpaired) electrons. The van der Waals surface area contributed by atoms with Crippen LogP contribution >= 0.6 is 7.82 Å². The zero-order chi connectivity index (χ0) is 9.12. The molecule has 1 atom stereocenters. The molecule has 10 heteroatoms. The molecule has 0 spiro atoms. The van der Waals surface area contributed by atoms with Crippen LogP contribution in [0.2, 0.25) is 0 Å². The van der Waals surface area contributed by atoms with Crippen molar-refractivity contribution in [1.82, 2.24) is 0 Å². The maximum atomic E-state index is 11.2. The summed E-state index contributed by atoms with van der Waals surface area (Å²) < 4.78 is 59.6. The van der Waals surface area contributed by atoms with E-state index in [2.05, 4.69) is 9.25 Å². The number of halogens is 4. The Labute approximate surface area is 94.4 Å². The van der Waals surface area contributed by atoms with E-state index in [-0.39, 0.29) is 37.7 Å². The topological polar surface area (TPSA) is 55.8 Å². The Kier molecular flexibility index (Phi) is 7.45. The van der Waals surface area contributed by atoms with Crippen molar-refractivity contribution in [2.75, 3.05) is 6.61 Å². The number of hydrogen-bond acceptors (Lipinski definition) is 3. The zero-order valence-electron chi connectivity index (χ0n) is 4.84. The van der Waals surface area contributed by atoms with Crippen LogP contribution in [0, 0.1) is 0 Å². The van der Waals surface area contributed by atoms with E-state index in [9.17, 15) is 22.3 Å². The third-order valence-corrected chi connectivity index (χ3v) is 1.11. The number of rotatable bonds is 3. The molecule has 0 aliphatic heterocycles. The first-order valence-corrected chi connectivity index (χ1v) is 3.61. The molecular formula is C2H5CaF4O4P. The summed E-state index contributed by atoms with van der Waals surface area (Å²) in [6.45, 7) is -2.04. The summed E-state index contributed by atoms with van der Waals surface area (Å²) in [6, 6.07) is 0. The second kappa shape index (κ2) is 5.74. The van der Waals surface area contributed by atoms with Crippen LogP contribution in [0.5, 0.6) is 0 Å². The van der Waals surface area contributed by atoms with Gasteiger partial charge in [0.25, 0.3) is 0 Å². The average molecular weight is 240 g/mol. The average Bonchev–Trinajstić information content (AvgIpc) is 1.83. The van der Waals surface area contributed by atoms with Gasteiger partial charge in [0.2, 0.25) is 0 Å². The van der Waals surface area contributed by atoms with Crippen molar-refractivity contribution in [2.24, 2.45) is 0 Å². The second-order valence-corrected chi connectivity index (χ2v) is 2.76. The monoisotopic (exact) mass is 240 g/mol. The third-order valence-electron chi connectivity index (χ3n) is 0.479. The molecule has 0 saturated carbocycles. The van der Waals surface area contributed by atoms with Crippen LogP contribution < -0.4 is 0 Å². The molecule has 0 aliphatic rings. The van der Waals surface area contributed by atoms with E-state index in [0.29, 0.717) is 0 Å². The molecule has 0 bridgehead atoms. The van der Waals surface area contributed by atoms with Gasteiger partial charge in [-0.15, -0.1) is 0 Å². The van der Waals surface area contributed by atoms with E-state index < -0.39 is 20.6 Å². The number of phosphoric acid groups is 1. The van der Waals surface area contributed by atoms with Gasteiger partial charge in [0.1, 0.15) is 0 Å². The van der Waals surface area contributed by atoms with Gasteiger partial charge in [0, 0.05) is 0 Å². The number of phosphoric ester groups is 1. The summed E-state index contributed by atoms with van der Waals surface area (Å²) in [7, 11) is -5.16. The fraction of sp³-hybridized carbons (Fsp3) is 1.00. The standard InChI is InChI=1S/C2H3F4O4P.Ca.2H/c3-2(4,5)1-9-11(7,8)10-6;;;/h1H2,(H,7,8);;;. The Bertz CT molecular complexity index is 171. The van der Waals surface area contributed by atoms with Gasteiger partial charge in [-0.2, -0.15) is 13.2 Å². The van der Waals surface area contributed by atoms with Gasteiger partial charge in [0.05, 0.1) is 0 Å². The van der Waals surface area contributed by atoms with E-state index in [1.54, 1.807) is 0 Å². The van der Waals surface area contributed by atoms with Crippen LogP contribution in [0.3, 0.4) is 0 Å². The van der Waals surface area contributed by atoms with Gasteiger partial charge in [-0.1, -0.05) is 4.73 Å². The van der Waals surface area contributed by atoms with E-state index in [4.69, 9.17) is 4.89 Å². The molecule has 0 rings (SSSR count). The van der Waals surface area contributed by atoms with E-state index in [1.165, 1.54) is 0 Å². The second-order valence-electron chi connectivity index (χ2n) is 1.43. The van der Waals surface area contributed by atoms with Crippen LogP contribution in [0.15, 0.2) is 0 Å². The first-order chi connectivity index (χ1) is 4.77. The Morgan fingerprint density at radius 3 is 2.08 bits per heavy atom. The van der Waals surface area contributed by atoms with E-state index >= 15 is 0 Å². The Morgan fingerprint density at radius 1 is 1.42 bits per heavy atom. The summed E-state index contributed by atoms with van der Waals surface area (Å²) in [6.07, 6.45) is -4.79. The van der Waals surface area contributed by atoms with E-state index in [0.717, 1.165) is 0 Å². The molecule has 0 amide bonds. The van der Waals surface area contributed by atoms with Crippen molar-refractivity contribution in [3.05, 3.63) is 0 Å². The molecule has 72 valence electrons. The molecule has 0 fully saturated rings. The minimum absolute atomic E-state index is 0. The Hall–Kier alpha value is 1.09. The normalized spacial score (nSPS) is 16.4. The fourth-order valence-corrected chi connectivity index (χ4v) is 0.524. The molecular weight excluding hydrogens is 235 g/mol. The molecule has 0 aromatic rings. The van der Waals surface area contributed by atoms with Crippen LogP contribution in [-0.2, 0) is 13.8 Å². The minimum atomic E-state index is -5.16. The molecule has 12 heavy (non-hydrogen) atoms. The van der Waals surface area contributed by atoms with Crippen LogP contribution in [-0.4, -0.2) is 55.4 Å². The van der Waals surface area contributed by atoms with Gasteiger partial charge >= 0.3 is 51.7 Å². The van der Waals surface area contributed by atoms with Gasteiger partial charge in [-0.3, -0.25) is 4.52 Å². The van der Waals surface area contributed by atoms with Gasteiger partial charge < -0.3 is 4.89 Å². The quantitative estimate of drug-likeness (QED) is 0.447. The summed E-state index contributed by atoms with van der Waals surface area (Å²) in [5.74, 6) is 0. The van der Waals surface area contributed by atoms with Crippen LogP contribution in [0.4, 0.5) is 17.7 Å². The van der Waals surface area contributed by atoms with Crippen molar-refractivity contribution in [1.29, 1.82) is 0 Å². The summed E-state index contributed by atoms with van der Waals surface area (Å²) >= 11 is 0. The molecule has 0 saturated heterocycles. The number of alkyl halides is 3. The molecule has 0 aromatic carbocycles.